The minimum absolute atomic E-state index is 0.0349. The number of carbonyl (C=O) groups excluding carboxylic acids is 3. The van der Waals surface area contributed by atoms with E-state index < -0.39 is 0 Å². The number of benzene rings is 2. The summed E-state index contributed by atoms with van der Waals surface area (Å²) in [5, 5.41) is 39.8. The quantitative estimate of drug-likeness (QED) is 0.0349. The van der Waals surface area contributed by atoms with Crippen molar-refractivity contribution in [2.24, 2.45) is 38.9 Å². The largest absolute Gasteiger partial charge is 0.383 e. The van der Waals surface area contributed by atoms with E-state index in [0.717, 1.165) is 158 Å². The van der Waals surface area contributed by atoms with Gasteiger partial charge in [-0.3, -0.25) is 38.4 Å². The molecule has 126 heavy (non-hydrogen) atoms. The van der Waals surface area contributed by atoms with Gasteiger partial charge in [-0.15, -0.1) is 0 Å². The molecule has 0 aliphatic heterocycles. The van der Waals surface area contributed by atoms with Crippen molar-refractivity contribution in [2.45, 2.75) is 84.3 Å². The normalized spacial score (nSPS) is 15.7. The van der Waals surface area contributed by atoms with Crippen LogP contribution in [0.1, 0.15) is 104 Å². The number of nitrogens with one attached hydrogen (secondary N) is 4. The van der Waals surface area contributed by atoms with Crippen molar-refractivity contribution in [3.8, 4) is 51.7 Å². The summed E-state index contributed by atoms with van der Waals surface area (Å²) in [7, 11) is 8.91. The Labute approximate surface area is 725 Å². The molecule has 630 valence electrons. The molecule has 3 fully saturated rings. The fourth-order valence-corrected chi connectivity index (χ4v) is 15.3. The molecule has 16 aromatic rings. The number of nitrogens with two attached hydrogens (primary N) is 4. The highest BCUT2D eigenvalue weighted by molar-refractivity contribution is 6.02. The number of nitriles is 1. The van der Waals surface area contributed by atoms with Gasteiger partial charge in [0.05, 0.1) is 72.8 Å². The summed E-state index contributed by atoms with van der Waals surface area (Å²) in [5.74, 6) is 11.0. The van der Waals surface area contributed by atoms with Crippen molar-refractivity contribution in [3.63, 3.8) is 0 Å². The molecule has 31 nitrogen and oxygen atoms in total. The molecule has 12 N–H and O–H groups in total. The van der Waals surface area contributed by atoms with Crippen LogP contribution < -0.4 is 44.2 Å². The number of anilines is 9. The number of nitrogens with zero attached hydrogens (tertiary/aromatic N) is 18. The summed E-state index contributed by atoms with van der Waals surface area (Å²) in [6.07, 6.45) is 26.0. The maximum Gasteiger partial charge on any atom is 0.229 e. The molecule has 6 atom stereocenters. The van der Waals surface area contributed by atoms with E-state index in [1.54, 1.807) is 71.6 Å². The molecule has 0 radical (unpaired) electrons. The van der Waals surface area contributed by atoms with Crippen LogP contribution in [0.5, 0.6) is 0 Å². The average molecular weight is 1680 g/mol. The first-order chi connectivity index (χ1) is 61.0. The van der Waals surface area contributed by atoms with Gasteiger partial charge in [-0.05, 0) is 209 Å². The molecule has 0 saturated heterocycles. The highest BCUT2D eigenvalue weighted by Crippen LogP contribution is 2.50. The average Bonchev–Trinajstić information content (AvgIpc) is 1.45. The zero-order chi connectivity index (χ0) is 88.0. The molecule has 3 aliphatic carbocycles. The molecule has 14 heterocycles. The zero-order valence-electron chi connectivity index (χ0n) is 70.7. The Kier molecular flexibility index (Phi) is 24.2. The molecule has 31 heteroatoms. The van der Waals surface area contributed by atoms with Crippen LogP contribution in [0.15, 0.2) is 202 Å². The van der Waals surface area contributed by atoms with E-state index in [1.807, 2.05) is 194 Å². The second-order valence-electron chi connectivity index (χ2n) is 31.6. The van der Waals surface area contributed by atoms with Crippen molar-refractivity contribution < 1.29 is 23.9 Å². The van der Waals surface area contributed by atoms with Crippen molar-refractivity contribution in [2.75, 3.05) is 58.4 Å². The van der Waals surface area contributed by atoms with Gasteiger partial charge in [0.1, 0.15) is 58.1 Å². The first kappa shape index (κ1) is 83.8. The molecular weight excluding hydrogens is 1590 g/mol. The SMILES string of the molecule is COCc1cc(C)c(-c2cc3cc(NC(=O)[C@@H]4C[C@H]4c4cnn(C)c4)ncc3c(N)n2)cn1.COCc1cc(C)c(-c2cc3cc(NC(=O)[C@H]4C[C@@H]4c4cnn(C)c4)ncc3c(N)n2)cn1.Cc1ccccc1-c1cc2cc(Nc3ccc(CC#N)cn3)ncc2c(N)n1.Cc1ccccc1C#Cc1cc2cc(NC(=O)[C@H]3C[C@@H]3c3cnn(C)c3)ncc2c(N)n1. The number of amides is 3. The van der Waals surface area contributed by atoms with Gasteiger partial charge in [0.25, 0.3) is 0 Å². The van der Waals surface area contributed by atoms with Crippen molar-refractivity contribution in [3.05, 3.63) is 269 Å². The van der Waals surface area contributed by atoms with Crippen LogP contribution in [0, 0.1) is 68.6 Å². The van der Waals surface area contributed by atoms with E-state index >= 15 is 0 Å². The van der Waals surface area contributed by atoms with Gasteiger partial charge in [-0.25, -0.2) is 44.9 Å². The summed E-state index contributed by atoms with van der Waals surface area (Å²) in [5.41, 5.74) is 41.6. The highest BCUT2D eigenvalue weighted by Gasteiger charge is 2.47. The molecule has 0 spiro atoms. The number of methoxy groups -OCH3 is 2. The minimum Gasteiger partial charge on any atom is -0.383 e. The predicted molar refractivity (Wildman–Crippen MR) is 485 cm³/mol. The van der Waals surface area contributed by atoms with Crippen LogP contribution in [0.3, 0.4) is 0 Å². The topological polar surface area (TPSA) is 441 Å². The Balaban J connectivity index is 0.000000124. The lowest BCUT2D eigenvalue weighted by atomic mass is 10.0. The van der Waals surface area contributed by atoms with Crippen molar-refractivity contribution in [1.82, 2.24) is 84.2 Å². The summed E-state index contributed by atoms with van der Waals surface area (Å²) in [4.78, 5) is 87.0. The Morgan fingerprint density at radius 3 is 1.21 bits per heavy atom. The number of nitrogen functional groups attached to an aromatic ring is 4. The fraction of sp³-hybridized carbons (Fsp3) is 0.221. The van der Waals surface area contributed by atoms with Gasteiger partial charge in [0.2, 0.25) is 17.7 Å². The number of ether oxygens (including phenoxy) is 2. The number of carbonyl (C=O) groups is 3. The Morgan fingerprint density at radius 1 is 0.421 bits per heavy atom. The number of rotatable bonds is 19. The van der Waals surface area contributed by atoms with Crippen LogP contribution >= 0.6 is 0 Å². The first-order valence-corrected chi connectivity index (χ1v) is 40.7. The molecule has 3 saturated carbocycles. The van der Waals surface area contributed by atoms with Crippen LogP contribution in [0.25, 0.3) is 76.9 Å². The van der Waals surface area contributed by atoms with Crippen LogP contribution in [-0.2, 0) is 64.6 Å². The second-order valence-corrected chi connectivity index (χ2v) is 31.6. The first-order valence-electron chi connectivity index (χ1n) is 40.7. The third-order valence-corrected chi connectivity index (χ3v) is 22.3. The van der Waals surface area contributed by atoms with Gasteiger partial charge in [-0.1, -0.05) is 54.5 Å². The standard InChI is InChI=1S/C25H22N6O.2C24H25N7O2.C22H18N6/c1-15-5-3-4-6-16(15)7-8-19-9-17-10-23(27-13-22(17)24(26)29-19)30-25(32)21-11-20(21)18-12-28-31(2)14-18;2*1-13-4-16(12-33-3)26-9-19(13)21-5-14-6-22(27-10-20(14)23(25)29-21)30-24(32)18-7-17(18)15-8-28-31(2)11-15;1-14-4-2-3-5-17(14)19-10-16-11-21(26-13-18(16)22(24)27-19)28-20-7-6-15(8-9-23)12-25-20/h3-6,9-10,12-14,20-21H,11H2,1-2H3,(H2,26,29)(H,27,30,32);2*4-6,8-11,17-18H,7,12H2,1-3H3,(H2,25,29)(H,27,30,32);2-7,10-13H,8H2,1H3,(H2,24,27)(H,25,26,28)/t20-,21+;2*17-,18+;/m110./s1. The maximum atomic E-state index is 12.8. The monoisotopic (exact) mass is 1670 g/mol. The molecule has 3 aliphatic rings. The minimum atomic E-state index is -0.0656. The van der Waals surface area contributed by atoms with Gasteiger partial charge in [-0.2, -0.15) is 20.6 Å². The number of fused-ring (bicyclic) bond motifs is 4. The van der Waals surface area contributed by atoms with Gasteiger partial charge < -0.3 is 53.7 Å². The van der Waals surface area contributed by atoms with Gasteiger partial charge >= 0.3 is 0 Å². The van der Waals surface area contributed by atoms with Crippen LogP contribution in [0.4, 0.5) is 52.4 Å². The van der Waals surface area contributed by atoms with Crippen LogP contribution in [-0.4, -0.2) is 116 Å². The lowest BCUT2D eigenvalue weighted by molar-refractivity contribution is -0.118. The maximum absolute atomic E-state index is 12.8. The number of hydrogen-bond acceptors (Lipinski definition) is 25. The molecule has 2 aromatic carbocycles. The summed E-state index contributed by atoms with van der Waals surface area (Å²) in [6.45, 7) is 8.98. The summed E-state index contributed by atoms with van der Waals surface area (Å²) in [6, 6.07) is 41.0. The molecule has 19 rings (SSSR count). The molecule has 14 aromatic heterocycles. The van der Waals surface area contributed by atoms with E-state index in [9.17, 15) is 14.4 Å². The van der Waals surface area contributed by atoms with Gasteiger partial charge in [0.15, 0.2) is 0 Å². The van der Waals surface area contributed by atoms with E-state index in [1.165, 1.54) is 0 Å². The molecule has 0 bridgehead atoms. The van der Waals surface area contributed by atoms with Crippen molar-refractivity contribution in [1.29, 1.82) is 5.26 Å². The second kappa shape index (κ2) is 36.4. The number of aryl methyl sites for hydroxylation is 7. The highest BCUT2D eigenvalue weighted by atomic mass is 16.5. The smallest absolute Gasteiger partial charge is 0.229 e. The third-order valence-electron chi connectivity index (χ3n) is 22.3. The number of pyridine rings is 11. The predicted octanol–water partition coefficient (Wildman–Crippen LogP) is 14.2. The Hall–Kier alpha value is -15.9. The zero-order valence-corrected chi connectivity index (χ0v) is 70.7. The molecule has 0 unspecified atom stereocenters. The lowest BCUT2D eigenvalue weighted by Crippen LogP contribution is -2.15. The lowest BCUT2D eigenvalue weighted by Gasteiger charge is -2.11. The summed E-state index contributed by atoms with van der Waals surface area (Å²) < 4.78 is 15.6. The van der Waals surface area contributed by atoms with Gasteiger partial charge in [0, 0.05) is 159 Å². The van der Waals surface area contributed by atoms with Crippen LogP contribution in [0.2, 0.25) is 0 Å². The fourth-order valence-electron chi connectivity index (χ4n) is 15.3. The Bertz CT molecular complexity index is 6780. The Morgan fingerprint density at radius 2 is 0.817 bits per heavy atom. The van der Waals surface area contributed by atoms with E-state index in [2.05, 4.69) is 122 Å². The van der Waals surface area contributed by atoms with Crippen molar-refractivity contribution >= 4 is 113 Å². The third kappa shape index (κ3) is 19.4. The number of aromatic nitrogens is 17. The molecular formula is C95H90N26O5. The number of hydrogen-bond donors (Lipinski definition) is 8. The van der Waals surface area contributed by atoms with E-state index in [0.29, 0.717) is 77.7 Å². The molecule has 3 amide bonds. The summed E-state index contributed by atoms with van der Waals surface area (Å²) >= 11 is 0. The van der Waals surface area contributed by atoms with E-state index in [-0.39, 0.29) is 53.2 Å². The van der Waals surface area contributed by atoms with E-state index in [4.69, 9.17) is 37.7 Å².